The van der Waals surface area contributed by atoms with Crippen molar-refractivity contribution in [2.45, 2.75) is 32.9 Å². The van der Waals surface area contributed by atoms with Gasteiger partial charge in [0.2, 0.25) is 0 Å². The molecule has 0 saturated heterocycles. The molecule has 0 radical (unpaired) electrons. The summed E-state index contributed by atoms with van der Waals surface area (Å²) in [6, 6.07) is 6.37. The summed E-state index contributed by atoms with van der Waals surface area (Å²) < 4.78 is 12.3. The minimum atomic E-state index is 0.0436. The van der Waals surface area contributed by atoms with Gasteiger partial charge >= 0.3 is 0 Å². The lowest BCUT2D eigenvalue weighted by atomic mass is 10.1. The summed E-state index contributed by atoms with van der Waals surface area (Å²) in [6.07, 6.45) is 0.0436. The highest BCUT2D eigenvalue weighted by atomic mass is 79.9. The molecule has 0 heterocycles. The minimum absolute atomic E-state index is 0.0436. The van der Waals surface area contributed by atoms with Gasteiger partial charge < -0.3 is 14.8 Å². The van der Waals surface area contributed by atoms with Crippen molar-refractivity contribution in [2.75, 3.05) is 20.3 Å². The first kappa shape index (κ1) is 15.5. The van der Waals surface area contributed by atoms with Gasteiger partial charge in [0.15, 0.2) is 0 Å². The molecule has 0 bridgehead atoms. The molecule has 18 heavy (non-hydrogen) atoms. The van der Waals surface area contributed by atoms with Crippen molar-refractivity contribution in [3.8, 4) is 5.75 Å². The fraction of sp³-hybridized carbons (Fsp3) is 0.571. The van der Waals surface area contributed by atoms with Crippen molar-refractivity contribution in [1.29, 1.82) is 0 Å². The Bertz CT molecular complexity index is 371. The summed E-state index contributed by atoms with van der Waals surface area (Å²) >= 11 is 3.48. The van der Waals surface area contributed by atoms with Gasteiger partial charge in [-0.2, -0.15) is 0 Å². The van der Waals surface area contributed by atoms with E-state index in [1.165, 1.54) is 0 Å². The Hall–Kier alpha value is -0.580. The van der Waals surface area contributed by atoms with Crippen LogP contribution in [0, 0.1) is 0 Å². The van der Waals surface area contributed by atoms with Gasteiger partial charge in [0.05, 0.1) is 6.61 Å². The lowest BCUT2D eigenvalue weighted by Crippen LogP contribution is -2.21. The molecule has 0 aromatic heterocycles. The van der Waals surface area contributed by atoms with E-state index in [1.807, 2.05) is 33.0 Å². The third-order valence-electron chi connectivity index (χ3n) is 2.76. The highest BCUT2D eigenvalue weighted by Crippen LogP contribution is 2.29. The lowest BCUT2D eigenvalue weighted by Gasteiger charge is -2.20. The quantitative estimate of drug-likeness (QED) is 0.835. The van der Waals surface area contributed by atoms with Crippen LogP contribution in [0.15, 0.2) is 22.7 Å². The van der Waals surface area contributed by atoms with Gasteiger partial charge in [-0.25, -0.2) is 0 Å². The van der Waals surface area contributed by atoms with Gasteiger partial charge in [-0.3, -0.25) is 0 Å². The van der Waals surface area contributed by atoms with Crippen LogP contribution in [0.25, 0.3) is 0 Å². The molecule has 1 aromatic rings. The zero-order valence-corrected chi connectivity index (χ0v) is 13.1. The maximum Gasteiger partial charge on any atom is 0.125 e. The van der Waals surface area contributed by atoms with Crippen molar-refractivity contribution in [2.24, 2.45) is 0 Å². The van der Waals surface area contributed by atoms with Gasteiger partial charge in [0, 0.05) is 22.7 Å². The van der Waals surface area contributed by atoms with Crippen LogP contribution in [-0.4, -0.2) is 26.4 Å². The Morgan fingerprint density at radius 2 is 2.06 bits per heavy atom. The fourth-order valence-electron chi connectivity index (χ4n) is 1.66. The second-order valence-electron chi connectivity index (χ2n) is 4.28. The van der Waals surface area contributed by atoms with E-state index in [0.717, 1.165) is 15.8 Å². The molecule has 0 aliphatic heterocycles. The van der Waals surface area contributed by atoms with Gasteiger partial charge in [0.1, 0.15) is 11.9 Å². The van der Waals surface area contributed by atoms with E-state index in [1.54, 1.807) is 0 Å². The zero-order valence-electron chi connectivity index (χ0n) is 11.5. The average Bonchev–Trinajstić information content (AvgIpc) is 2.35. The number of nitrogens with one attached hydrogen (secondary N) is 1. The Morgan fingerprint density at radius 1 is 1.33 bits per heavy atom. The van der Waals surface area contributed by atoms with E-state index in [4.69, 9.17) is 9.47 Å². The molecule has 4 heteroatoms. The SMILES string of the molecule is CCOCC(C)Oc1cc(Br)ccc1C(C)NC. The van der Waals surface area contributed by atoms with Crippen LogP contribution in [0.3, 0.4) is 0 Å². The first-order chi connectivity index (χ1) is 8.58. The number of ether oxygens (including phenoxy) is 2. The maximum absolute atomic E-state index is 5.96. The molecule has 0 spiro atoms. The third kappa shape index (κ3) is 4.59. The summed E-state index contributed by atoms with van der Waals surface area (Å²) in [5, 5.41) is 3.23. The van der Waals surface area contributed by atoms with Crippen molar-refractivity contribution in [3.63, 3.8) is 0 Å². The van der Waals surface area contributed by atoms with E-state index in [9.17, 15) is 0 Å². The molecular formula is C14H22BrNO2. The molecule has 1 aromatic carbocycles. The number of hydrogen-bond donors (Lipinski definition) is 1. The standard InChI is InChI=1S/C14H22BrNO2/c1-5-17-9-10(2)18-14-8-12(15)6-7-13(14)11(3)16-4/h6-8,10-11,16H,5,9H2,1-4H3. The van der Waals surface area contributed by atoms with E-state index >= 15 is 0 Å². The van der Waals surface area contributed by atoms with Crippen LogP contribution in [-0.2, 0) is 4.74 Å². The maximum atomic E-state index is 5.96. The van der Waals surface area contributed by atoms with E-state index in [-0.39, 0.29) is 12.1 Å². The summed E-state index contributed by atoms with van der Waals surface area (Å²) in [5.74, 6) is 0.901. The molecule has 0 aliphatic rings. The average molecular weight is 316 g/mol. The monoisotopic (exact) mass is 315 g/mol. The molecule has 1 N–H and O–H groups in total. The first-order valence-electron chi connectivity index (χ1n) is 6.29. The van der Waals surface area contributed by atoms with Crippen molar-refractivity contribution in [3.05, 3.63) is 28.2 Å². The molecule has 2 atom stereocenters. The van der Waals surface area contributed by atoms with Gasteiger partial charge in [-0.05, 0) is 40.0 Å². The van der Waals surface area contributed by atoms with Crippen LogP contribution < -0.4 is 10.1 Å². The van der Waals surface area contributed by atoms with Gasteiger partial charge in [-0.1, -0.05) is 22.0 Å². The smallest absolute Gasteiger partial charge is 0.125 e. The van der Waals surface area contributed by atoms with Crippen LogP contribution in [0.5, 0.6) is 5.75 Å². The minimum Gasteiger partial charge on any atom is -0.488 e. The predicted molar refractivity (Wildman–Crippen MR) is 78.2 cm³/mol. The molecule has 2 unspecified atom stereocenters. The van der Waals surface area contributed by atoms with E-state index < -0.39 is 0 Å². The zero-order chi connectivity index (χ0) is 13.5. The summed E-state index contributed by atoms with van der Waals surface area (Å²) in [5.41, 5.74) is 1.16. The molecular weight excluding hydrogens is 294 g/mol. The summed E-state index contributed by atoms with van der Waals surface area (Å²) in [4.78, 5) is 0. The first-order valence-corrected chi connectivity index (χ1v) is 7.08. The number of hydrogen-bond acceptors (Lipinski definition) is 3. The van der Waals surface area contributed by atoms with Crippen molar-refractivity contribution < 1.29 is 9.47 Å². The second-order valence-corrected chi connectivity index (χ2v) is 5.20. The Labute approximate surface area is 118 Å². The molecule has 1 rings (SSSR count). The number of rotatable bonds is 7. The summed E-state index contributed by atoms with van der Waals surface area (Å²) in [7, 11) is 1.94. The summed E-state index contributed by atoms with van der Waals surface area (Å²) in [6.45, 7) is 7.44. The Kier molecular flexibility index (Phi) is 6.68. The molecule has 0 amide bonds. The highest BCUT2D eigenvalue weighted by molar-refractivity contribution is 9.10. The van der Waals surface area contributed by atoms with Crippen LogP contribution in [0.4, 0.5) is 0 Å². The third-order valence-corrected chi connectivity index (χ3v) is 3.25. The highest BCUT2D eigenvalue weighted by Gasteiger charge is 2.13. The number of halogens is 1. The normalized spacial score (nSPS) is 14.3. The second kappa shape index (κ2) is 7.77. The molecule has 0 fully saturated rings. The lowest BCUT2D eigenvalue weighted by molar-refractivity contribution is 0.0649. The fourth-order valence-corrected chi connectivity index (χ4v) is 2.00. The largest absolute Gasteiger partial charge is 0.488 e. The van der Waals surface area contributed by atoms with E-state index in [0.29, 0.717) is 13.2 Å². The Morgan fingerprint density at radius 3 is 2.67 bits per heavy atom. The molecule has 0 aliphatic carbocycles. The van der Waals surface area contributed by atoms with Gasteiger partial charge in [-0.15, -0.1) is 0 Å². The van der Waals surface area contributed by atoms with Gasteiger partial charge in [0.25, 0.3) is 0 Å². The predicted octanol–water partition coefficient (Wildman–Crippen LogP) is 3.53. The van der Waals surface area contributed by atoms with Crippen LogP contribution in [0.1, 0.15) is 32.4 Å². The van der Waals surface area contributed by atoms with E-state index in [2.05, 4.69) is 34.2 Å². The molecule has 3 nitrogen and oxygen atoms in total. The topological polar surface area (TPSA) is 30.5 Å². The van der Waals surface area contributed by atoms with Crippen LogP contribution in [0.2, 0.25) is 0 Å². The number of benzene rings is 1. The molecule has 102 valence electrons. The van der Waals surface area contributed by atoms with Crippen molar-refractivity contribution in [1.82, 2.24) is 5.32 Å². The van der Waals surface area contributed by atoms with Crippen molar-refractivity contribution >= 4 is 15.9 Å². The molecule has 0 saturated carbocycles. The van der Waals surface area contributed by atoms with Crippen LogP contribution >= 0.6 is 15.9 Å². The Balaban J connectivity index is 2.81.